The Bertz CT molecular complexity index is 1030. The molecule has 0 unspecified atom stereocenters. The average molecular weight is 481 g/mol. The zero-order valence-electron chi connectivity index (χ0n) is 19.9. The Labute approximate surface area is 205 Å². The number of alkyl carbamates (subject to hydrolysis) is 1. The van der Waals surface area contributed by atoms with Crippen molar-refractivity contribution in [2.24, 2.45) is 0 Å². The van der Waals surface area contributed by atoms with E-state index in [0.717, 1.165) is 28.7 Å². The lowest BCUT2D eigenvalue weighted by atomic mass is 9.89. The number of hydrogen-bond acceptors (Lipinski definition) is 5. The van der Waals surface area contributed by atoms with E-state index in [2.05, 4.69) is 34.9 Å². The second-order valence-corrected chi connectivity index (χ2v) is 9.21. The van der Waals surface area contributed by atoms with E-state index < -0.39 is 29.6 Å². The minimum absolute atomic E-state index is 0.0199. The molecule has 3 N–H and O–H groups in total. The minimum Gasteiger partial charge on any atom is -0.480 e. The summed E-state index contributed by atoms with van der Waals surface area (Å²) in [6, 6.07) is 15.8. The fraction of sp³-hybridized carbons (Fsp3) is 0.444. The van der Waals surface area contributed by atoms with Crippen LogP contribution in [0.5, 0.6) is 0 Å². The molecule has 1 saturated heterocycles. The molecule has 186 valence electrons. The molecular formula is C27H32N2O6. The van der Waals surface area contributed by atoms with Gasteiger partial charge >= 0.3 is 12.1 Å². The summed E-state index contributed by atoms with van der Waals surface area (Å²) in [4.78, 5) is 37.2. The number of hydrogen-bond donors (Lipinski definition) is 3. The third-order valence-electron chi connectivity index (χ3n) is 6.87. The fourth-order valence-electron chi connectivity index (χ4n) is 5.03. The first kappa shape index (κ1) is 24.7. The summed E-state index contributed by atoms with van der Waals surface area (Å²) < 4.78 is 10.9. The summed E-state index contributed by atoms with van der Waals surface area (Å²) in [6.07, 6.45) is 1.14. The van der Waals surface area contributed by atoms with Crippen molar-refractivity contribution >= 4 is 18.0 Å². The van der Waals surface area contributed by atoms with E-state index in [4.69, 9.17) is 9.47 Å². The highest BCUT2D eigenvalue weighted by Gasteiger charge is 2.41. The molecule has 0 bridgehead atoms. The summed E-state index contributed by atoms with van der Waals surface area (Å²) in [6.45, 7) is 2.71. The van der Waals surface area contributed by atoms with Gasteiger partial charge in [0.05, 0.1) is 0 Å². The number of fused-ring (bicyclic) bond motifs is 3. The summed E-state index contributed by atoms with van der Waals surface area (Å²) in [7, 11) is 0. The van der Waals surface area contributed by atoms with Crippen molar-refractivity contribution in [2.45, 2.75) is 56.5 Å². The highest BCUT2D eigenvalue weighted by molar-refractivity contribution is 5.87. The summed E-state index contributed by atoms with van der Waals surface area (Å²) in [5.74, 6) is -1.53. The van der Waals surface area contributed by atoms with Crippen molar-refractivity contribution in [1.29, 1.82) is 0 Å². The molecule has 0 saturated carbocycles. The predicted molar refractivity (Wildman–Crippen MR) is 130 cm³/mol. The predicted octanol–water partition coefficient (Wildman–Crippen LogP) is 3.83. The largest absolute Gasteiger partial charge is 0.480 e. The maximum Gasteiger partial charge on any atom is 0.407 e. The van der Waals surface area contributed by atoms with Gasteiger partial charge in [-0.1, -0.05) is 61.9 Å². The molecule has 2 aromatic rings. The Morgan fingerprint density at radius 3 is 2.23 bits per heavy atom. The lowest BCUT2D eigenvalue weighted by molar-refractivity contribution is -0.152. The van der Waals surface area contributed by atoms with E-state index in [9.17, 15) is 19.5 Å². The molecule has 2 aliphatic rings. The maximum absolute atomic E-state index is 12.7. The fourth-order valence-corrected chi connectivity index (χ4v) is 5.03. The first-order valence-corrected chi connectivity index (χ1v) is 12.2. The number of rotatable bonds is 9. The second-order valence-electron chi connectivity index (χ2n) is 9.21. The van der Waals surface area contributed by atoms with Crippen molar-refractivity contribution in [3.05, 3.63) is 59.7 Å². The van der Waals surface area contributed by atoms with E-state index in [1.807, 2.05) is 31.2 Å². The summed E-state index contributed by atoms with van der Waals surface area (Å²) in [5, 5.41) is 15.2. The van der Waals surface area contributed by atoms with Crippen LogP contribution in [0.1, 0.15) is 56.1 Å². The summed E-state index contributed by atoms with van der Waals surface area (Å²) in [5.41, 5.74) is 3.23. The number of amides is 2. The quantitative estimate of drug-likeness (QED) is 0.503. The van der Waals surface area contributed by atoms with E-state index in [0.29, 0.717) is 6.42 Å². The normalized spacial score (nSPS) is 17.1. The molecule has 35 heavy (non-hydrogen) atoms. The number of ether oxygens (including phenoxy) is 2. The van der Waals surface area contributed by atoms with Gasteiger partial charge in [0.1, 0.15) is 12.1 Å². The van der Waals surface area contributed by atoms with Crippen molar-refractivity contribution in [3.63, 3.8) is 0 Å². The Balaban J connectivity index is 1.35. The molecule has 1 aliphatic carbocycles. The van der Waals surface area contributed by atoms with E-state index in [1.165, 1.54) is 0 Å². The molecule has 1 atom stereocenters. The van der Waals surface area contributed by atoms with Crippen LogP contribution in [0.25, 0.3) is 11.1 Å². The number of aliphatic carboxylic acids is 1. The number of benzene rings is 2. The van der Waals surface area contributed by atoms with E-state index in [1.54, 1.807) is 0 Å². The average Bonchev–Trinajstić information content (AvgIpc) is 3.17. The van der Waals surface area contributed by atoms with Crippen LogP contribution < -0.4 is 10.6 Å². The second kappa shape index (κ2) is 10.9. The van der Waals surface area contributed by atoms with Gasteiger partial charge in [0, 0.05) is 44.4 Å². The lowest BCUT2D eigenvalue weighted by Crippen LogP contribution is -2.58. The van der Waals surface area contributed by atoms with Gasteiger partial charge in [0.2, 0.25) is 5.91 Å². The Hall–Kier alpha value is -3.39. The molecular weight excluding hydrogens is 448 g/mol. The number of nitrogens with one attached hydrogen (secondary N) is 2. The number of carbonyl (C=O) groups excluding carboxylic acids is 2. The lowest BCUT2D eigenvalue weighted by Gasteiger charge is -2.34. The molecule has 4 rings (SSSR count). The van der Waals surface area contributed by atoms with Gasteiger partial charge in [-0.25, -0.2) is 9.59 Å². The highest BCUT2D eigenvalue weighted by Crippen LogP contribution is 2.44. The molecule has 8 heteroatoms. The first-order valence-electron chi connectivity index (χ1n) is 12.2. The first-order chi connectivity index (χ1) is 16.9. The third-order valence-corrected chi connectivity index (χ3v) is 6.87. The SMILES string of the molecule is CCC[C@@H](CC(=O)NC1(C(=O)O)CCOCC1)NC(=O)OCC1c2ccccc2-c2ccccc21. The molecule has 1 fully saturated rings. The van der Waals surface area contributed by atoms with Gasteiger partial charge in [-0.2, -0.15) is 0 Å². The van der Waals surface area contributed by atoms with Crippen LogP contribution in [-0.4, -0.2) is 54.5 Å². The van der Waals surface area contributed by atoms with E-state index in [-0.39, 0.29) is 45.0 Å². The molecule has 0 aromatic heterocycles. The Morgan fingerprint density at radius 1 is 1.06 bits per heavy atom. The number of carboxylic acid groups (broad SMARTS) is 1. The number of carbonyl (C=O) groups is 3. The van der Waals surface area contributed by atoms with Crippen LogP contribution in [0, 0.1) is 0 Å². The van der Waals surface area contributed by atoms with Crippen molar-refractivity contribution in [3.8, 4) is 11.1 Å². The zero-order chi connectivity index (χ0) is 24.8. The monoisotopic (exact) mass is 480 g/mol. The Kier molecular flexibility index (Phi) is 7.70. The maximum atomic E-state index is 12.7. The minimum atomic E-state index is -1.32. The van der Waals surface area contributed by atoms with Crippen LogP contribution in [-0.2, 0) is 19.1 Å². The Morgan fingerprint density at radius 2 is 1.66 bits per heavy atom. The molecule has 0 radical (unpaired) electrons. The van der Waals surface area contributed by atoms with Crippen molar-refractivity contribution < 1.29 is 29.0 Å². The van der Waals surface area contributed by atoms with Crippen LogP contribution in [0.2, 0.25) is 0 Å². The van der Waals surface area contributed by atoms with Crippen LogP contribution in [0.4, 0.5) is 4.79 Å². The van der Waals surface area contributed by atoms with Gasteiger partial charge < -0.3 is 25.2 Å². The molecule has 0 spiro atoms. The third kappa shape index (κ3) is 5.48. The van der Waals surface area contributed by atoms with Gasteiger partial charge in [0.15, 0.2) is 0 Å². The number of carboxylic acids is 1. The van der Waals surface area contributed by atoms with Crippen molar-refractivity contribution in [2.75, 3.05) is 19.8 Å². The topological polar surface area (TPSA) is 114 Å². The van der Waals surface area contributed by atoms with E-state index >= 15 is 0 Å². The van der Waals surface area contributed by atoms with Gasteiger partial charge in [-0.3, -0.25) is 4.79 Å². The van der Waals surface area contributed by atoms with Gasteiger partial charge in [0.25, 0.3) is 0 Å². The van der Waals surface area contributed by atoms with Crippen LogP contribution in [0.15, 0.2) is 48.5 Å². The van der Waals surface area contributed by atoms with Crippen LogP contribution >= 0.6 is 0 Å². The molecule has 1 aliphatic heterocycles. The zero-order valence-corrected chi connectivity index (χ0v) is 19.9. The standard InChI is InChI=1S/C27H32N2O6/c1-2-7-18(16-24(30)29-27(25(31)32)12-14-34-15-13-27)28-26(33)35-17-23-21-10-5-3-8-19(21)20-9-4-6-11-22(20)23/h3-6,8-11,18,23H,2,7,12-17H2,1H3,(H,28,33)(H,29,30)(H,31,32)/t18-/m0/s1. The molecule has 8 nitrogen and oxygen atoms in total. The molecule has 1 heterocycles. The van der Waals surface area contributed by atoms with Gasteiger partial charge in [-0.15, -0.1) is 0 Å². The highest BCUT2D eigenvalue weighted by atomic mass is 16.5. The summed E-state index contributed by atoms with van der Waals surface area (Å²) >= 11 is 0. The van der Waals surface area contributed by atoms with Crippen molar-refractivity contribution in [1.82, 2.24) is 10.6 Å². The van der Waals surface area contributed by atoms with Crippen LogP contribution in [0.3, 0.4) is 0 Å². The smallest absolute Gasteiger partial charge is 0.407 e. The molecule has 2 amide bonds. The van der Waals surface area contributed by atoms with Gasteiger partial charge in [-0.05, 0) is 28.7 Å². The molecule has 2 aromatic carbocycles.